The molecule has 1 atom stereocenters. The first-order valence-corrected chi connectivity index (χ1v) is 12.0. The third kappa shape index (κ3) is 8.96. The Morgan fingerprint density at radius 2 is 1.71 bits per heavy atom. The Kier molecular flexibility index (Phi) is 7.88. The van der Waals surface area contributed by atoms with Crippen molar-refractivity contribution in [2.24, 2.45) is 0 Å². The molecular formula is C17H29IO2Si. The Balaban J connectivity index is 2.56. The third-order valence-electron chi connectivity index (χ3n) is 3.03. The van der Waals surface area contributed by atoms with E-state index in [1.807, 2.05) is 0 Å². The highest BCUT2D eigenvalue weighted by Crippen LogP contribution is 2.22. The van der Waals surface area contributed by atoms with E-state index in [0.717, 1.165) is 23.7 Å². The molecule has 0 unspecified atom stereocenters. The molecule has 0 N–H and O–H groups in total. The second-order valence-electron chi connectivity index (χ2n) is 6.86. The highest BCUT2D eigenvalue weighted by molar-refractivity contribution is 14.1. The third-order valence-corrected chi connectivity index (χ3v) is 5.66. The molecule has 2 nitrogen and oxygen atoms in total. The Hall–Kier alpha value is 0.0869. The van der Waals surface area contributed by atoms with E-state index < -0.39 is 8.56 Å². The number of alkyl halides is 1. The maximum Gasteiger partial charge on any atom is 0.332 e. The fourth-order valence-electron chi connectivity index (χ4n) is 2.52. The summed E-state index contributed by atoms with van der Waals surface area (Å²) < 4.78 is 13.7. The van der Waals surface area contributed by atoms with E-state index in [9.17, 15) is 0 Å². The number of hydrogen-bond donors (Lipinski definition) is 0. The highest BCUT2D eigenvalue weighted by atomic mass is 127. The molecule has 120 valence electrons. The summed E-state index contributed by atoms with van der Waals surface area (Å²) in [5.74, 6) is 0. The fraction of sp³-hybridized carbons (Fsp3) is 0.647. The van der Waals surface area contributed by atoms with E-state index in [-0.39, 0.29) is 5.60 Å². The number of aryl methyl sites for hydroxylation is 1. The molecule has 0 saturated heterocycles. The lowest BCUT2D eigenvalue weighted by molar-refractivity contribution is 0.0444. The van der Waals surface area contributed by atoms with Crippen LogP contribution in [-0.2, 0) is 15.3 Å². The van der Waals surface area contributed by atoms with E-state index >= 15 is 0 Å². The van der Waals surface area contributed by atoms with Crippen molar-refractivity contribution in [2.45, 2.75) is 64.8 Å². The van der Waals surface area contributed by atoms with Crippen molar-refractivity contribution in [1.82, 2.24) is 0 Å². The van der Waals surface area contributed by atoms with Crippen LogP contribution in [0, 0.1) is 0 Å². The maximum absolute atomic E-state index is 6.39. The Morgan fingerprint density at radius 3 is 2.24 bits per heavy atom. The van der Waals surface area contributed by atoms with E-state index in [1.165, 1.54) is 5.56 Å². The van der Waals surface area contributed by atoms with Gasteiger partial charge in [-0.2, -0.15) is 0 Å². The Labute approximate surface area is 145 Å². The topological polar surface area (TPSA) is 18.5 Å². The minimum Gasteiger partial charge on any atom is -0.391 e. The lowest BCUT2D eigenvalue weighted by Crippen LogP contribution is -2.45. The first-order valence-electron chi connectivity index (χ1n) is 7.70. The molecule has 1 rings (SSSR count). The van der Waals surface area contributed by atoms with Crippen molar-refractivity contribution in [3.05, 3.63) is 35.9 Å². The molecule has 4 heteroatoms. The van der Waals surface area contributed by atoms with Crippen LogP contribution in [0.3, 0.4) is 0 Å². The Morgan fingerprint density at radius 1 is 1.10 bits per heavy atom. The first-order chi connectivity index (χ1) is 9.72. The van der Waals surface area contributed by atoms with Gasteiger partial charge >= 0.3 is 8.56 Å². The Bertz CT molecular complexity index is 401. The van der Waals surface area contributed by atoms with Crippen LogP contribution in [0.25, 0.3) is 0 Å². The monoisotopic (exact) mass is 420 g/mol. The molecule has 0 spiro atoms. The van der Waals surface area contributed by atoms with Crippen LogP contribution in [0.5, 0.6) is 0 Å². The molecule has 1 aromatic carbocycles. The largest absolute Gasteiger partial charge is 0.391 e. The molecule has 0 aromatic heterocycles. The zero-order valence-corrected chi connectivity index (χ0v) is 17.1. The van der Waals surface area contributed by atoms with Crippen LogP contribution < -0.4 is 0 Å². The van der Waals surface area contributed by atoms with Gasteiger partial charge < -0.3 is 8.85 Å². The molecule has 0 bridgehead atoms. The summed E-state index contributed by atoms with van der Waals surface area (Å²) in [6, 6.07) is 10.6. The molecule has 0 saturated carbocycles. The summed E-state index contributed by atoms with van der Waals surface area (Å²) in [5.41, 5.74) is 1.25. The molecule has 0 amide bonds. The predicted molar refractivity (Wildman–Crippen MR) is 101 cm³/mol. The van der Waals surface area contributed by atoms with Crippen molar-refractivity contribution in [3.8, 4) is 0 Å². The molecule has 21 heavy (non-hydrogen) atoms. The number of rotatable bonds is 8. The van der Waals surface area contributed by atoms with E-state index in [0.29, 0.717) is 6.10 Å². The zero-order chi connectivity index (χ0) is 15.9. The van der Waals surface area contributed by atoms with Gasteiger partial charge in [-0.1, -0.05) is 52.9 Å². The van der Waals surface area contributed by atoms with Gasteiger partial charge in [0.1, 0.15) is 0 Å². The van der Waals surface area contributed by atoms with Crippen molar-refractivity contribution in [2.75, 3.05) is 4.43 Å². The number of halogens is 1. The summed E-state index contributed by atoms with van der Waals surface area (Å²) in [6.07, 6.45) is 3.53. The molecule has 0 aliphatic heterocycles. The van der Waals surface area contributed by atoms with E-state index in [2.05, 4.69) is 86.8 Å². The van der Waals surface area contributed by atoms with Gasteiger partial charge in [0.2, 0.25) is 0 Å². The average molecular weight is 420 g/mol. The van der Waals surface area contributed by atoms with E-state index in [1.54, 1.807) is 0 Å². The predicted octanol–water partition coefficient (Wildman–Crippen LogP) is 5.35. The minimum absolute atomic E-state index is 0.135. The fourth-order valence-corrected chi connectivity index (χ4v) is 5.77. The van der Waals surface area contributed by atoms with Crippen LogP contribution >= 0.6 is 22.6 Å². The van der Waals surface area contributed by atoms with Gasteiger partial charge in [-0.3, -0.25) is 0 Å². The lowest BCUT2D eigenvalue weighted by atomic mass is 10.1. The van der Waals surface area contributed by atoms with Gasteiger partial charge in [0.05, 0.1) is 5.60 Å². The molecule has 0 radical (unpaired) electrons. The molecule has 0 aliphatic rings. The summed E-state index contributed by atoms with van der Waals surface area (Å²) in [4.78, 5) is 0. The molecule has 1 aromatic rings. The van der Waals surface area contributed by atoms with Gasteiger partial charge in [0.25, 0.3) is 0 Å². The highest BCUT2D eigenvalue weighted by Gasteiger charge is 2.33. The first kappa shape index (κ1) is 19.1. The molecular weight excluding hydrogens is 391 g/mol. The second kappa shape index (κ2) is 8.65. The molecule has 0 heterocycles. The van der Waals surface area contributed by atoms with Crippen LogP contribution in [-0.4, -0.2) is 24.7 Å². The van der Waals surface area contributed by atoms with Gasteiger partial charge in [0.15, 0.2) is 0 Å². The number of benzene rings is 1. The van der Waals surface area contributed by atoms with Crippen LogP contribution in [0.2, 0.25) is 13.1 Å². The van der Waals surface area contributed by atoms with Gasteiger partial charge in [-0.25, -0.2) is 0 Å². The lowest BCUT2D eigenvalue weighted by Gasteiger charge is -2.34. The summed E-state index contributed by atoms with van der Waals surface area (Å²) in [5, 5.41) is 0. The summed E-state index contributed by atoms with van der Waals surface area (Å²) >= 11 is 2.43. The summed E-state index contributed by atoms with van der Waals surface area (Å²) in [7, 11) is -2.08. The van der Waals surface area contributed by atoms with Crippen LogP contribution in [0.4, 0.5) is 0 Å². The van der Waals surface area contributed by atoms with Crippen LogP contribution in [0.1, 0.15) is 39.2 Å². The second-order valence-corrected chi connectivity index (χ2v) is 11.2. The maximum atomic E-state index is 6.39. The SMILES string of the molecule is CC(C)(C)O[Si](C)(C)O[C@H](CCI)CCc1ccccc1. The minimum atomic E-state index is -2.08. The summed E-state index contributed by atoms with van der Waals surface area (Å²) in [6.45, 7) is 10.6. The van der Waals surface area contributed by atoms with E-state index in [4.69, 9.17) is 8.85 Å². The van der Waals surface area contributed by atoms with Crippen molar-refractivity contribution in [1.29, 1.82) is 0 Å². The normalized spacial score (nSPS) is 14.2. The standard InChI is InChI=1S/C17H29IO2Si/c1-17(2,3)20-21(4,5)19-16(13-14-18)12-11-15-9-7-6-8-10-15/h6-10,16H,11-14H2,1-5H3/t16-/m0/s1. The van der Waals surface area contributed by atoms with Gasteiger partial charge in [-0.05, 0) is 58.7 Å². The van der Waals surface area contributed by atoms with Crippen molar-refractivity contribution < 1.29 is 8.85 Å². The average Bonchev–Trinajstić information content (AvgIpc) is 2.34. The van der Waals surface area contributed by atoms with Crippen molar-refractivity contribution >= 4 is 31.2 Å². The molecule has 0 fully saturated rings. The smallest absolute Gasteiger partial charge is 0.332 e. The van der Waals surface area contributed by atoms with Crippen LogP contribution in [0.15, 0.2) is 30.3 Å². The quantitative estimate of drug-likeness (QED) is 0.321. The molecule has 0 aliphatic carbocycles. The number of hydrogen-bond acceptors (Lipinski definition) is 2. The van der Waals surface area contributed by atoms with Crippen molar-refractivity contribution in [3.63, 3.8) is 0 Å². The zero-order valence-electron chi connectivity index (χ0n) is 14.0. The van der Waals surface area contributed by atoms with Gasteiger partial charge in [-0.15, -0.1) is 0 Å². The van der Waals surface area contributed by atoms with Gasteiger partial charge in [0, 0.05) is 10.5 Å².